The normalized spacial score (nSPS) is 12.2. The molecule has 0 saturated heterocycles. The van der Waals surface area contributed by atoms with E-state index in [4.69, 9.17) is 0 Å². The quantitative estimate of drug-likeness (QED) is 0.632. The van der Waals surface area contributed by atoms with E-state index < -0.39 is 17.5 Å². The van der Waals surface area contributed by atoms with Crippen molar-refractivity contribution >= 4 is 5.91 Å². The van der Waals surface area contributed by atoms with Gasteiger partial charge in [-0.3, -0.25) is 4.79 Å². The Bertz CT molecular complexity index is 628. The molecular formula is C20H28FNO3. The average molecular weight is 349 g/mol. The maximum Gasteiger partial charge on any atom is 0.216 e. The summed E-state index contributed by atoms with van der Waals surface area (Å²) in [6, 6.07) is 4.27. The molecule has 0 aliphatic rings. The maximum absolute atomic E-state index is 14.0. The summed E-state index contributed by atoms with van der Waals surface area (Å²) in [6.45, 7) is 5.68. The molecule has 138 valence electrons. The molecule has 0 radical (unpaired) electrons. The van der Waals surface area contributed by atoms with Gasteiger partial charge in [-0.2, -0.15) is 0 Å². The largest absolute Gasteiger partial charge is 0.388 e. The van der Waals surface area contributed by atoms with Crippen LogP contribution in [-0.2, 0) is 4.79 Å². The highest BCUT2D eigenvalue weighted by Gasteiger charge is 2.21. The summed E-state index contributed by atoms with van der Waals surface area (Å²) >= 11 is 0. The van der Waals surface area contributed by atoms with Crippen LogP contribution in [0.2, 0.25) is 0 Å². The predicted molar refractivity (Wildman–Crippen MR) is 96.3 cm³/mol. The molecule has 0 aromatic heterocycles. The molecule has 0 spiro atoms. The van der Waals surface area contributed by atoms with Gasteiger partial charge in [-0.15, -0.1) is 0 Å². The SMILES string of the molecule is CCCC(O)(C#Cc1cc(C(O)CCNC(C)=O)ccc1F)CCC. The lowest BCUT2D eigenvalue weighted by Crippen LogP contribution is -2.25. The van der Waals surface area contributed by atoms with Crippen molar-refractivity contribution in [1.29, 1.82) is 0 Å². The van der Waals surface area contributed by atoms with Crippen LogP contribution in [0.25, 0.3) is 0 Å². The highest BCUT2D eigenvalue weighted by molar-refractivity contribution is 5.72. The van der Waals surface area contributed by atoms with Crippen molar-refractivity contribution in [3.8, 4) is 11.8 Å². The minimum atomic E-state index is -1.12. The Kier molecular flexibility index (Phi) is 8.60. The van der Waals surface area contributed by atoms with Crippen LogP contribution >= 0.6 is 0 Å². The van der Waals surface area contributed by atoms with Gasteiger partial charge in [0.15, 0.2) is 0 Å². The summed E-state index contributed by atoms with van der Waals surface area (Å²) in [5, 5.41) is 23.3. The number of carbonyl (C=O) groups excluding carboxylic acids is 1. The molecule has 0 bridgehead atoms. The molecular weight excluding hydrogens is 321 g/mol. The van der Waals surface area contributed by atoms with Gasteiger partial charge in [0.25, 0.3) is 0 Å². The lowest BCUT2D eigenvalue weighted by atomic mass is 9.93. The highest BCUT2D eigenvalue weighted by Crippen LogP contribution is 2.21. The standard InChI is InChI=1S/C20H28FNO3/c1-4-10-20(25,11-5-2)12-8-16-14-17(6-7-18(16)21)19(24)9-13-22-15(3)23/h6-7,14,19,24-25H,4-5,9-11,13H2,1-3H3,(H,22,23). The van der Waals surface area contributed by atoms with Crippen molar-refractivity contribution in [1.82, 2.24) is 5.32 Å². The number of amides is 1. The second kappa shape index (κ2) is 10.2. The van der Waals surface area contributed by atoms with Gasteiger partial charge in [0.2, 0.25) is 5.91 Å². The molecule has 0 fully saturated rings. The second-order valence-corrected chi connectivity index (χ2v) is 6.31. The number of nitrogens with one attached hydrogen (secondary N) is 1. The minimum Gasteiger partial charge on any atom is -0.388 e. The molecule has 1 rings (SSSR count). The molecule has 0 aliphatic carbocycles. The first-order valence-electron chi connectivity index (χ1n) is 8.78. The third-order valence-corrected chi connectivity index (χ3v) is 3.92. The summed E-state index contributed by atoms with van der Waals surface area (Å²) in [5.41, 5.74) is -0.428. The monoisotopic (exact) mass is 349 g/mol. The van der Waals surface area contributed by atoms with Gasteiger partial charge in [-0.1, -0.05) is 44.6 Å². The molecule has 1 amide bonds. The fraction of sp³-hybridized carbons (Fsp3) is 0.550. The molecule has 1 aromatic rings. The van der Waals surface area contributed by atoms with Gasteiger partial charge in [-0.05, 0) is 37.0 Å². The van der Waals surface area contributed by atoms with E-state index in [1.165, 1.54) is 25.1 Å². The van der Waals surface area contributed by atoms with Crippen molar-refractivity contribution in [2.75, 3.05) is 6.54 Å². The number of benzene rings is 1. The van der Waals surface area contributed by atoms with Gasteiger partial charge in [0.05, 0.1) is 11.7 Å². The van der Waals surface area contributed by atoms with E-state index in [-0.39, 0.29) is 11.5 Å². The fourth-order valence-electron chi connectivity index (χ4n) is 2.66. The zero-order valence-electron chi connectivity index (χ0n) is 15.2. The zero-order valence-corrected chi connectivity index (χ0v) is 15.2. The number of carbonyl (C=O) groups is 1. The molecule has 4 nitrogen and oxygen atoms in total. The van der Waals surface area contributed by atoms with Crippen molar-refractivity contribution in [3.05, 3.63) is 35.1 Å². The van der Waals surface area contributed by atoms with Gasteiger partial charge in [0, 0.05) is 13.5 Å². The van der Waals surface area contributed by atoms with E-state index in [9.17, 15) is 19.4 Å². The van der Waals surface area contributed by atoms with Crippen LogP contribution in [0.3, 0.4) is 0 Å². The molecule has 3 N–H and O–H groups in total. The molecule has 1 aromatic carbocycles. The Balaban J connectivity index is 2.94. The Labute approximate surface area is 149 Å². The van der Waals surface area contributed by atoms with Gasteiger partial charge < -0.3 is 15.5 Å². The number of halogens is 1. The molecule has 1 atom stereocenters. The Morgan fingerprint density at radius 3 is 2.52 bits per heavy atom. The number of hydrogen-bond acceptors (Lipinski definition) is 3. The molecule has 5 heteroatoms. The minimum absolute atomic E-state index is 0.154. The van der Waals surface area contributed by atoms with Crippen LogP contribution < -0.4 is 5.32 Å². The second-order valence-electron chi connectivity index (χ2n) is 6.31. The van der Waals surface area contributed by atoms with E-state index in [0.717, 1.165) is 12.8 Å². The maximum atomic E-state index is 14.0. The van der Waals surface area contributed by atoms with Crippen LogP contribution in [0.1, 0.15) is 70.1 Å². The number of rotatable bonds is 8. The lowest BCUT2D eigenvalue weighted by molar-refractivity contribution is -0.119. The van der Waals surface area contributed by atoms with E-state index >= 15 is 0 Å². The first-order chi connectivity index (χ1) is 11.8. The van der Waals surface area contributed by atoms with E-state index in [1.54, 1.807) is 0 Å². The fourth-order valence-corrected chi connectivity index (χ4v) is 2.66. The summed E-state index contributed by atoms with van der Waals surface area (Å²) in [4.78, 5) is 10.9. The first-order valence-corrected chi connectivity index (χ1v) is 8.78. The van der Waals surface area contributed by atoms with Crippen molar-refractivity contribution in [2.24, 2.45) is 0 Å². The molecule has 0 heterocycles. The third kappa shape index (κ3) is 7.25. The topological polar surface area (TPSA) is 69.6 Å². The van der Waals surface area contributed by atoms with Crippen LogP contribution in [0, 0.1) is 17.7 Å². The van der Waals surface area contributed by atoms with Crippen LogP contribution in [0.15, 0.2) is 18.2 Å². The summed E-state index contributed by atoms with van der Waals surface area (Å²) in [7, 11) is 0. The number of aliphatic hydroxyl groups excluding tert-OH is 1. The summed E-state index contributed by atoms with van der Waals surface area (Å²) < 4.78 is 14.0. The van der Waals surface area contributed by atoms with Crippen molar-refractivity contribution < 1.29 is 19.4 Å². The molecule has 0 saturated carbocycles. The highest BCUT2D eigenvalue weighted by atomic mass is 19.1. The van der Waals surface area contributed by atoms with E-state index in [2.05, 4.69) is 17.2 Å². The molecule has 25 heavy (non-hydrogen) atoms. The third-order valence-electron chi connectivity index (χ3n) is 3.92. The smallest absolute Gasteiger partial charge is 0.216 e. The number of hydrogen-bond donors (Lipinski definition) is 3. The summed E-state index contributed by atoms with van der Waals surface area (Å²) in [6.07, 6.45) is 2.15. The Morgan fingerprint density at radius 2 is 1.96 bits per heavy atom. The van der Waals surface area contributed by atoms with Gasteiger partial charge >= 0.3 is 0 Å². The lowest BCUT2D eigenvalue weighted by Gasteiger charge is -2.20. The van der Waals surface area contributed by atoms with Gasteiger partial charge in [0.1, 0.15) is 11.4 Å². The predicted octanol–water partition coefficient (Wildman–Crippen LogP) is 3.07. The molecule has 0 aliphatic heterocycles. The Morgan fingerprint density at radius 1 is 1.32 bits per heavy atom. The zero-order chi connectivity index (χ0) is 18.9. The van der Waals surface area contributed by atoms with Crippen LogP contribution in [-0.4, -0.2) is 28.3 Å². The van der Waals surface area contributed by atoms with Gasteiger partial charge in [-0.25, -0.2) is 4.39 Å². The first kappa shape index (κ1) is 21.1. The average Bonchev–Trinajstić information content (AvgIpc) is 2.54. The van der Waals surface area contributed by atoms with E-state index in [0.29, 0.717) is 31.4 Å². The van der Waals surface area contributed by atoms with Crippen LogP contribution in [0.4, 0.5) is 4.39 Å². The number of aliphatic hydroxyl groups is 2. The van der Waals surface area contributed by atoms with E-state index in [1.807, 2.05) is 13.8 Å². The van der Waals surface area contributed by atoms with Crippen LogP contribution in [0.5, 0.6) is 0 Å². The molecule has 1 unspecified atom stereocenters. The van der Waals surface area contributed by atoms with Crippen molar-refractivity contribution in [2.45, 2.75) is 64.6 Å². The Hall–Kier alpha value is -1.90. The van der Waals surface area contributed by atoms with Crippen molar-refractivity contribution in [3.63, 3.8) is 0 Å². The summed E-state index contributed by atoms with van der Waals surface area (Å²) in [5.74, 6) is 4.89.